The second-order valence-corrected chi connectivity index (χ2v) is 6.04. The number of ether oxygens (including phenoxy) is 1. The van der Waals surface area contributed by atoms with Crippen LogP contribution in [0, 0.1) is 0 Å². The van der Waals surface area contributed by atoms with Crippen molar-refractivity contribution in [1.29, 1.82) is 0 Å². The average molecular weight is 356 g/mol. The van der Waals surface area contributed by atoms with Crippen LogP contribution in [-0.4, -0.2) is 40.1 Å². The fourth-order valence-corrected chi connectivity index (χ4v) is 2.53. The first kappa shape index (κ1) is 15.8. The summed E-state index contributed by atoms with van der Waals surface area (Å²) in [5.41, 5.74) is 0. The molecule has 1 N–H and O–H groups in total. The van der Waals surface area contributed by atoms with Crippen molar-refractivity contribution in [2.45, 2.75) is 44.9 Å². The molecule has 1 aliphatic rings. The number of hydrogen-bond donors (Lipinski definition) is 1. The summed E-state index contributed by atoms with van der Waals surface area (Å²) in [6.45, 7) is 3.18. The summed E-state index contributed by atoms with van der Waals surface area (Å²) < 4.78 is 6.42. The topological polar surface area (TPSA) is 66.8 Å². The van der Waals surface area contributed by atoms with E-state index in [0.29, 0.717) is 5.75 Å². The van der Waals surface area contributed by atoms with E-state index < -0.39 is 18.1 Å². The number of carboxylic acid groups (broad SMARTS) is 1. The highest BCUT2D eigenvalue weighted by molar-refractivity contribution is 9.10. The molecular formula is C15H18BrNO4. The minimum Gasteiger partial charge on any atom is -0.480 e. The van der Waals surface area contributed by atoms with Crippen LogP contribution in [0.1, 0.15) is 26.7 Å². The van der Waals surface area contributed by atoms with Gasteiger partial charge in [-0.15, -0.1) is 0 Å². The number of para-hydroxylation sites is 1. The second-order valence-electron chi connectivity index (χ2n) is 5.18. The molecule has 114 valence electrons. The normalized spacial score (nSPS) is 16.9. The number of rotatable bonds is 6. The van der Waals surface area contributed by atoms with Crippen LogP contribution in [0.4, 0.5) is 0 Å². The zero-order valence-corrected chi connectivity index (χ0v) is 13.5. The van der Waals surface area contributed by atoms with E-state index in [1.807, 2.05) is 18.2 Å². The van der Waals surface area contributed by atoms with Gasteiger partial charge < -0.3 is 14.7 Å². The molecule has 5 nitrogen and oxygen atoms in total. The molecule has 2 atom stereocenters. The predicted octanol–water partition coefficient (Wildman–Crippen LogP) is 2.68. The van der Waals surface area contributed by atoms with E-state index in [1.165, 1.54) is 11.8 Å². The Labute approximate surface area is 132 Å². The van der Waals surface area contributed by atoms with Gasteiger partial charge in [0.1, 0.15) is 11.8 Å². The summed E-state index contributed by atoms with van der Waals surface area (Å²) >= 11 is 3.36. The van der Waals surface area contributed by atoms with Crippen molar-refractivity contribution in [3.63, 3.8) is 0 Å². The SMILES string of the molecule is CC(Oc1ccccc1Br)C(=O)N(C1CC1)C(C)C(=O)O. The van der Waals surface area contributed by atoms with E-state index in [1.54, 1.807) is 13.0 Å². The third-order valence-electron chi connectivity index (χ3n) is 3.46. The van der Waals surface area contributed by atoms with Crippen LogP contribution in [0.15, 0.2) is 28.7 Å². The first-order valence-corrected chi connectivity index (χ1v) is 7.67. The third kappa shape index (κ3) is 3.75. The van der Waals surface area contributed by atoms with Crippen LogP contribution in [0.5, 0.6) is 5.75 Å². The van der Waals surface area contributed by atoms with E-state index >= 15 is 0 Å². The molecule has 1 fully saturated rings. The summed E-state index contributed by atoms with van der Waals surface area (Å²) in [7, 11) is 0. The van der Waals surface area contributed by atoms with Gasteiger partial charge in [0.25, 0.3) is 5.91 Å². The van der Waals surface area contributed by atoms with Crippen LogP contribution in [-0.2, 0) is 9.59 Å². The van der Waals surface area contributed by atoms with Crippen LogP contribution in [0.25, 0.3) is 0 Å². The van der Waals surface area contributed by atoms with Gasteiger partial charge in [-0.25, -0.2) is 4.79 Å². The molecule has 1 aromatic carbocycles. The lowest BCUT2D eigenvalue weighted by molar-refractivity contribution is -0.153. The molecule has 2 unspecified atom stereocenters. The quantitative estimate of drug-likeness (QED) is 0.851. The molecule has 0 aliphatic heterocycles. The zero-order valence-electron chi connectivity index (χ0n) is 12.0. The predicted molar refractivity (Wildman–Crippen MR) is 81.2 cm³/mol. The van der Waals surface area contributed by atoms with Crippen LogP contribution in [0.3, 0.4) is 0 Å². The monoisotopic (exact) mass is 355 g/mol. The standard InChI is InChI=1S/C15H18BrNO4/c1-9(15(19)20)17(11-7-8-11)14(18)10(2)21-13-6-4-3-5-12(13)16/h3-6,9-11H,7-8H2,1-2H3,(H,19,20). The smallest absolute Gasteiger partial charge is 0.326 e. The second kappa shape index (κ2) is 6.47. The van der Waals surface area contributed by atoms with Gasteiger partial charge in [-0.05, 0) is 54.8 Å². The molecule has 0 spiro atoms. The molecule has 0 aromatic heterocycles. The fraction of sp³-hybridized carbons (Fsp3) is 0.467. The minimum atomic E-state index is -0.997. The lowest BCUT2D eigenvalue weighted by Gasteiger charge is -2.29. The van der Waals surface area contributed by atoms with Crippen molar-refractivity contribution < 1.29 is 19.4 Å². The molecular weight excluding hydrogens is 338 g/mol. The molecule has 0 bridgehead atoms. The Balaban J connectivity index is 2.10. The first-order valence-electron chi connectivity index (χ1n) is 6.88. The summed E-state index contributed by atoms with van der Waals surface area (Å²) in [5.74, 6) is -0.719. The van der Waals surface area contributed by atoms with E-state index in [-0.39, 0.29) is 11.9 Å². The van der Waals surface area contributed by atoms with E-state index in [2.05, 4.69) is 15.9 Å². The summed E-state index contributed by atoms with van der Waals surface area (Å²) in [6, 6.07) is 6.44. The number of nitrogens with zero attached hydrogens (tertiary/aromatic N) is 1. The molecule has 1 saturated carbocycles. The van der Waals surface area contributed by atoms with Gasteiger partial charge in [0.2, 0.25) is 0 Å². The van der Waals surface area contributed by atoms with Crippen molar-refractivity contribution in [3.8, 4) is 5.75 Å². The van der Waals surface area contributed by atoms with Gasteiger partial charge in [-0.1, -0.05) is 12.1 Å². The molecule has 6 heteroatoms. The number of hydrogen-bond acceptors (Lipinski definition) is 3. The molecule has 1 aromatic rings. The molecule has 0 heterocycles. The Morgan fingerprint density at radius 2 is 1.95 bits per heavy atom. The maximum absolute atomic E-state index is 12.5. The number of amides is 1. The lowest BCUT2D eigenvalue weighted by Crippen LogP contribution is -2.49. The number of aliphatic carboxylic acids is 1. The number of halogens is 1. The highest BCUT2D eigenvalue weighted by Crippen LogP contribution is 2.31. The number of carboxylic acids is 1. The third-order valence-corrected chi connectivity index (χ3v) is 4.11. The van der Waals surface area contributed by atoms with Crippen molar-refractivity contribution in [2.24, 2.45) is 0 Å². The molecule has 1 amide bonds. The van der Waals surface area contributed by atoms with Gasteiger partial charge in [-0.3, -0.25) is 4.79 Å². The number of carbonyl (C=O) groups is 2. The molecule has 0 radical (unpaired) electrons. The Bertz CT molecular complexity index is 544. The van der Waals surface area contributed by atoms with Crippen molar-refractivity contribution >= 4 is 27.8 Å². The average Bonchev–Trinajstić information content (AvgIpc) is 3.25. The number of benzene rings is 1. The molecule has 1 aliphatic carbocycles. The van der Waals surface area contributed by atoms with Gasteiger partial charge in [0, 0.05) is 6.04 Å². The summed E-state index contributed by atoms with van der Waals surface area (Å²) in [5, 5.41) is 9.15. The van der Waals surface area contributed by atoms with Crippen molar-refractivity contribution in [2.75, 3.05) is 0 Å². The van der Waals surface area contributed by atoms with Gasteiger partial charge in [0.05, 0.1) is 4.47 Å². The fourth-order valence-electron chi connectivity index (χ4n) is 2.15. The Kier molecular flexibility index (Phi) is 4.88. The molecule has 0 saturated heterocycles. The van der Waals surface area contributed by atoms with Crippen LogP contribution < -0.4 is 4.74 Å². The van der Waals surface area contributed by atoms with E-state index in [0.717, 1.165) is 17.3 Å². The maximum Gasteiger partial charge on any atom is 0.326 e. The summed E-state index contributed by atoms with van der Waals surface area (Å²) in [4.78, 5) is 25.1. The first-order chi connectivity index (χ1) is 9.91. The zero-order chi connectivity index (χ0) is 15.6. The van der Waals surface area contributed by atoms with Gasteiger partial charge >= 0.3 is 5.97 Å². The van der Waals surface area contributed by atoms with Gasteiger partial charge in [0.15, 0.2) is 6.10 Å². The van der Waals surface area contributed by atoms with Crippen molar-refractivity contribution in [1.82, 2.24) is 4.90 Å². The maximum atomic E-state index is 12.5. The highest BCUT2D eigenvalue weighted by Gasteiger charge is 2.40. The Morgan fingerprint density at radius 1 is 1.33 bits per heavy atom. The molecule has 2 rings (SSSR count). The largest absolute Gasteiger partial charge is 0.480 e. The number of carbonyl (C=O) groups excluding carboxylic acids is 1. The Hall–Kier alpha value is -1.56. The van der Waals surface area contributed by atoms with Crippen LogP contribution in [0.2, 0.25) is 0 Å². The molecule has 21 heavy (non-hydrogen) atoms. The van der Waals surface area contributed by atoms with E-state index in [4.69, 9.17) is 9.84 Å². The lowest BCUT2D eigenvalue weighted by atomic mass is 10.2. The van der Waals surface area contributed by atoms with Gasteiger partial charge in [-0.2, -0.15) is 0 Å². The van der Waals surface area contributed by atoms with Crippen molar-refractivity contribution in [3.05, 3.63) is 28.7 Å². The Morgan fingerprint density at radius 3 is 2.48 bits per heavy atom. The summed E-state index contributed by atoms with van der Waals surface area (Å²) in [6.07, 6.45) is 0.974. The van der Waals surface area contributed by atoms with Crippen LogP contribution >= 0.6 is 15.9 Å². The van der Waals surface area contributed by atoms with E-state index in [9.17, 15) is 9.59 Å². The highest BCUT2D eigenvalue weighted by atomic mass is 79.9. The minimum absolute atomic E-state index is 0.0221.